The molecule has 0 spiro atoms. The van der Waals surface area contributed by atoms with Crippen LogP contribution in [0.15, 0.2) is 217 Å². The van der Waals surface area contributed by atoms with Crippen LogP contribution in [-0.4, -0.2) is 39.0 Å². The minimum absolute atomic E-state index is 0.540. The van der Waals surface area contributed by atoms with Gasteiger partial charge in [0.15, 0.2) is 17.5 Å². The second-order valence-electron chi connectivity index (χ2n) is 17.0. The molecular formula is C59H36N8O. The molecule has 5 aromatic heterocycles. The molecule has 9 heteroatoms. The lowest BCUT2D eigenvalue weighted by Crippen LogP contribution is -2.00. The highest BCUT2D eigenvalue weighted by atomic mass is 16.3. The number of furan rings is 1. The number of imidazole rings is 2. The Balaban J connectivity index is 0.972. The number of H-pyrrole nitrogens is 1. The molecule has 318 valence electrons. The van der Waals surface area contributed by atoms with Crippen molar-refractivity contribution in [2.75, 3.05) is 0 Å². The number of para-hydroxylation sites is 6. The van der Waals surface area contributed by atoms with Crippen molar-refractivity contribution in [2.24, 2.45) is 0 Å². The van der Waals surface area contributed by atoms with Crippen LogP contribution < -0.4 is 0 Å². The molecule has 0 unspecified atom stereocenters. The van der Waals surface area contributed by atoms with Gasteiger partial charge in [-0.05, 0) is 97.1 Å². The molecule has 9 aromatic carbocycles. The van der Waals surface area contributed by atoms with E-state index in [9.17, 15) is 0 Å². The first-order chi connectivity index (χ1) is 33.7. The second kappa shape index (κ2) is 15.0. The van der Waals surface area contributed by atoms with E-state index in [1.54, 1.807) is 0 Å². The van der Waals surface area contributed by atoms with Crippen LogP contribution in [0.4, 0.5) is 0 Å². The summed E-state index contributed by atoms with van der Waals surface area (Å²) in [5, 5.41) is 3.91. The molecule has 0 saturated carbocycles. The molecule has 0 aliphatic heterocycles. The molecule has 0 fully saturated rings. The molecule has 0 radical (unpaired) electrons. The van der Waals surface area contributed by atoms with Gasteiger partial charge in [0, 0.05) is 71.8 Å². The van der Waals surface area contributed by atoms with E-state index in [0.29, 0.717) is 17.5 Å². The molecule has 9 nitrogen and oxygen atoms in total. The minimum atomic E-state index is 0.540. The van der Waals surface area contributed by atoms with Crippen LogP contribution in [0.2, 0.25) is 0 Å². The van der Waals surface area contributed by atoms with Gasteiger partial charge in [0.05, 0.1) is 22.1 Å². The van der Waals surface area contributed by atoms with Gasteiger partial charge < -0.3 is 9.40 Å². The lowest BCUT2D eigenvalue weighted by molar-refractivity contribution is 0.669. The molecule has 0 saturated heterocycles. The van der Waals surface area contributed by atoms with Gasteiger partial charge in [0.25, 0.3) is 0 Å². The summed E-state index contributed by atoms with van der Waals surface area (Å²) in [7, 11) is 0. The predicted octanol–water partition coefficient (Wildman–Crippen LogP) is 14.4. The van der Waals surface area contributed by atoms with Gasteiger partial charge in [-0.15, -0.1) is 0 Å². The topological polar surface area (TPSA) is 103 Å². The summed E-state index contributed by atoms with van der Waals surface area (Å²) in [6.45, 7) is 0. The third-order valence-corrected chi connectivity index (χ3v) is 12.9. The van der Waals surface area contributed by atoms with Gasteiger partial charge >= 0.3 is 0 Å². The zero-order valence-electron chi connectivity index (χ0n) is 36.2. The normalized spacial score (nSPS) is 11.8. The van der Waals surface area contributed by atoms with Gasteiger partial charge in [0.2, 0.25) is 0 Å². The standard InChI is InChI=1S/C59H36N8O/c1-4-16-36(17-5-1)55-63-56(41-22-14-26-48-53(41)43-34-37(30-32-45(43)60-48)58-61-46-24-10-12-27-49(46)66(58)39-18-6-2-7-19-39)65-57(64-55)42-23-15-29-52-54(42)44-35-38(31-33-51(44)68-52)59-62-47-25-11-13-28-50(47)67(59)40-20-8-3-9-21-40/h1-35,60H. The fraction of sp³-hybridized carbons (Fsp3) is 0. The van der Waals surface area contributed by atoms with Gasteiger partial charge in [-0.3, -0.25) is 9.13 Å². The Kier molecular flexibility index (Phi) is 8.38. The number of hydrogen-bond acceptors (Lipinski definition) is 6. The molecule has 1 N–H and O–H groups in total. The van der Waals surface area contributed by atoms with Crippen molar-refractivity contribution in [3.8, 4) is 68.3 Å². The average Bonchev–Trinajstić information content (AvgIpc) is 4.19. The van der Waals surface area contributed by atoms with Crippen LogP contribution in [-0.2, 0) is 0 Å². The Hall–Kier alpha value is -9.47. The summed E-state index contributed by atoms with van der Waals surface area (Å²) < 4.78 is 11.1. The lowest BCUT2D eigenvalue weighted by Gasteiger charge is -2.11. The Morgan fingerprint density at radius 2 is 0.882 bits per heavy atom. The van der Waals surface area contributed by atoms with Crippen molar-refractivity contribution < 1.29 is 4.42 Å². The van der Waals surface area contributed by atoms with Gasteiger partial charge in [-0.1, -0.05) is 115 Å². The number of benzene rings is 9. The average molecular weight is 873 g/mol. The summed E-state index contributed by atoms with van der Waals surface area (Å²) in [5.74, 6) is 3.37. The maximum atomic E-state index is 6.60. The Morgan fingerprint density at radius 1 is 0.353 bits per heavy atom. The SMILES string of the molecule is c1ccc(-c2nc(-c3cccc4[nH]c5ccc(-c6nc7ccccc7n6-c6ccccc6)cc5c34)nc(-c3cccc4oc5ccc(-c6nc7ccccc7n6-c6ccccc6)cc5c34)n2)cc1. The molecule has 14 aromatic rings. The van der Waals surface area contributed by atoms with Crippen LogP contribution in [0.1, 0.15) is 0 Å². The monoisotopic (exact) mass is 872 g/mol. The lowest BCUT2D eigenvalue weighted by atomic mass is 10.0. The predicted molar refractivity (Wildman–Crippen MR) is 273 cm³/mol. The highest BCUT2D eigenvalue weighted by Crippen LogP contribution is 2.41. The Morgan fingerprint density at radius 3 is 1.53 bits per heavy atom. The van der Waals surface area contributed by atoms with Gasteiger partial charge in [-0.25, -0.2) is 24.9 Å². The van der Waals surface area contributed by atoms with E-state index in [1.807, 2.05) is 72.8 Å². The number of nitrogens with zero attached hydrogens (tertiary/aromatic N) is 7. The third kappa shape index (κ3) is 5.99. The van der Waals surface area contributed by atoms with E-state index in [2.05, 4.69) is 154 Å². The van der Waals surface area contributed by atoms with Crippen molar-refractivity contribution in [1.82, 2.24) is 39.0 Å². The molecule has 68 heavy (non-hydrogen) atoms. The van der Waals surface area contributed by atoms with Gasteiger partial charge in [-0.2, -0.15) is 0 Å². The molecule has 0 bridgehead atoms. The fourth-order valence-electron chi connectivity index (χ4n) is 9.88. The summed E-state index contributed by atoms with van der Waals surface area (Å²) in [6, 6.07) is 72.6. The smallest absolute Gasteiger partial charge is 0.164 e. The first-order valence-corrected chi connectivity index (χ1v) is 22.6. The van der Waals surface area contributed by atoms with Crippen LogP contribution in [0, 0.1) is 0 Å². The summed E-state index contributed by atoms with van der Waals surface area (Å²) >= 11 is 0. The molecule has 0 aliphatic carbocycles. The Labute approximate surface area is 388 Å². The zero-order chi connectivity index (χ0) is 44.7. The zero-order valence-corrected chi connectivity index (χ0v) is 36.2. The first-order valence-electron chi connectivity index (χ1n) is 22.6. The van der Waals surface area contributed by atoms with Crippen LogP contribution in [0.5, 0.6) is 0 Å². The van der Waals surface area contributed by atoms with Crippen LogP contribution in [0.25, 0.3) is 134 Å². The van der Waals surface area contributed by atoms with Crippen molar-refractivity contribution in [1.29, 1.82) is 0 Å². The van der Waals surface area contributed by atoms with E-state index in [-0.39, 0.29) is 0 Å². The number of aromatic amines is 1. The Bertz CT molecular complexity index is 4010. The first kappa shape index (κ1) is 37.9. The highest BCUT2D eigenvalue weighted by Gasteiger charge is 2.23. The molecule has 0 aliphatic rings. The second-order valence-corrected chi connectivity index (χ2v) is 17.0. The van der Waals surface area contributed by atoms with Crippen molar-refractivity contribution in [2.45, 2.75) is 0 Å². The maximum absolute atomic E-state index is 6.60. The van der Waals surface area contributed by atoms with E-state index >= 15 is 0 Å². The fourth-order valence-corrected chi connectivity index (χ4v) is 9.88. The number of aromatic nitrogens is 8. The van der Waals surface area contributed by atoms with E-state index < -0.39 is 0 Å². The molecule has 5 heterocycles. The maximum Gasteiger partial charge on any atom is 0.164 e. The van der Waals surface area contributed by atoms with Crippen molar-refractivity contribution in [3.63, 3.8) is 0 Å². The number of nitrogens with one attached hydrogen (secondary N) is 1. The van der Waals surface area contributed by atoms with Crippen LogP contribution in [0.3, 0.4) is 0 Å². The number of fused-ring (bicyclic) bond motifs is 8. The molecular weight excluding hydrogens is 837 g/mol. The highest BCUT2D eigenvalue weighted by molar-refractivity contribution is 6.15. The van der Waals surface area contributed by atoms with E-state index in [1.165, 1.54) is 0 Å². The third-order valence-electron chi connectivity index (χ3n) is 12.9. The summed E-state index contributed by atoms with van der Waals surface area (Å²) in [5.41, 5.74) is 14.1. The molecule has 0 amide bonds. The van der Waals surface area contributed by atoms with Crippen molar-refractivity contribution in [3.05, 3.63) is 212 Å². The molecule has 0 atom stereocenters. The minimum Gasteiger partial charge on any atom is -0.456 e. The van der Waals surface area contributed by atoms with Crippen LogP contribution >= 0.6 is 0 Å². The summed E-state index contributed by atoms with van der Waals surface area (Å²) in [4.78, 5) is 30.0. The number of hydrogen-bond donors (Lipinski definition) is 1. The quantitative estimate of drug-likeness (QED) is 0.171. The van der Waals surface area contributed by atoms with Gasteiger partial charge in [0.1, 0.15) is 22.8 Å². The summed E-state index contributed by atoms with van der Waals surface area (Å²) in [6.07, 6.45) is 0. The van der Waals surface area contributed by atoms with E-state index in [4.69, 9.17) is 29.3 Å². The van der Waals surface area contributed by atoms with E-state index in [0.717, 1.165) is 117 Å². The largest absolute Gasteiger partial charge is 0.456 e. The van der Waals surface area contributed by atoms with Crippen molar-refractivity contribution >= 4 is 65.8 Å². The molecule has 14 rings (SSSR count). The number of rotatable bonds is 7.